The summed E-state index contributed by atoms with van der Waals surface area (Å²) in [4.78, 5) is 11.2. The summed E-state index contributed by atoms with van der Waals surface area (Å²) in [5, 5.41) is -0.495. The molecule has 0 N–H and O–H groups in total. The first-order valence-corrected chi connectivity index (χ1v) is 5.80. The van der Waals surface area contributed by atoms with Crippen molar-refractivity contribution in [2.24, 2.45) is 0 Å². The number of Topliss-reactive ketones (excluding diaryl/α,β-unsaturated/α-hetero) is 1. The fraction of sp³-hybridized carbons (Fsp3) is 0.462. The maximum atomic E-state index is 11.2. The Kier molecular flexibility index (Phi) is 4.34. The van der Waals surface area contributed by atoms with Gasteiger partial charge in [-0.05, 0) is 36.5 Å². The molecule has 0 saturated carbocycles. The number of rotatable bonds is 4. The fourth-order valence-corrected chi connectivity index (χ4v) is 1.86. The number of hydrogen-bond acceptors (Lipinski definition) is 1. The van der Waals surface area contributed by atoms with Crippen molar-refractivity contribution in [1.82, 2.24) is 0 Å². The molecule has 0 aromatic heterocycles. The lowest BCUT2D eigenvalue weighted by molar-refractivity contribution is -0.116. The highest BCUT2D eigenvalue weighted by molar-refractivity contribution is 6.30. The molecule has 2 heteroatoms. The van der Waals surface area contributed by atoms with Gasteiger partial charge in [0.1, 0.15) is 5.38 Å². The molecule has 1 atom stereocenters. The van der Waals surface area contributed by atoms with E-state index in [4.69, 9.17) is 11.6 Å². The van der Waals surface area contributed by atoms with Gasteiger partial charge < -0.3 is 0 Å². The Hall–Kier alpha value is -0.820. The lowest BCUT2D eigenvalue weighted by Crippen LogP contribution is -2.05. The average Bonchev–Trinajstić information content (AvgIpc) is 2.27. The normalized spacial score (nSPS) is 12.5. The van der Waals surface area contributed by atoms with E-state index >= 15 is 0 Å². The molecule has 82 valence electrons. The molecule has 0 aliphatic heterocycles. The van der Waals surface area contributed by atoms with Crippen LogP contribution in [0.5, 0.6) is 0 Å². The largest absolute Gasteiger partial charge is 0.298 e. The van der Waals surface area contributed by atoms with Crippen molar-refractivity contribution in [3.63, 3.8) is 0 Å². The summed E-state index contributed by atoms with van der Waals surface area (Å²) >= 11 is 6.07. The molecule has 1 unspecified atom stereocenters. The van der Waals surface area contributed by atoms with Crippen molar-refractivity contribution in [1.29, 1.82) is 0 Å². The predicted molar refractivity (Wildman–Crippen MR) is 64.5 cm³/mol. The fourth-order valence-electron chi connectivity index (χ4n) is 1.65. The van der Waals surface area contributed by atoms with E-state index in [0.29, 0.717) is 0 Å². The van der Waals surface area contributed by atoms with Crippen LogP contribution in [0, 0.1) is 0 Å². The van der Waals surface area contributed by atoms with Crippen LogP contribution >= 0.6 is 11.6 Å². The van der Waals surface area contributed by atoms with Gasteiger partial charge in [0, 0.05) is 0 Å². The molecule has 0 aliphatic rings. The van der Waals surface area contributed by atoms with Crippen molar-refractivity contribution >= 4 is 17.4 Å². The Labute approximate surface area is 96.5 Å². The Balaban J connectivity index is 3.12. The standard InChI is InChI=1S/C13H17ClO/c1-4-10-6-7-12(11(5-2)8-10)13(14)9(3)15/h6-8,13H,4-5H2,1-3H3. The van der Waals surface area contributed by atoms with E-state index in [1.54, 1.807) is 0 Å². The van der Waals surface area contributed by atoms with E-state index in [-0.39, 0.29) is 5.78 Å². The van der Waals surface area contributed by atoms with Crippen molar-refractivity contribution in [2.45, 2.75) is 39.0 Å². The second kappa shape index (κ2) is 5.32. The van der Waals surface area contributed by atoms with Gasteiger partial charge in [0.25, 0.3) is 0 Å². The highest BCUT2D eigenvalue weighted by Crippen LogP contribution is 2.26. The minimum Gasteiger partial charge on any atom is -0.298 e. The average molecular weight is 225 g/mol. The van der Waals surface area contributed by atoms with Crippen LogP contribution < -0.4 is 0 Å². The highest BCUT2D eigenvalue weighted by Gasteiger charge is 2.16. The van der Waals surface area contributed by atoms with Crippen LogP contribution in [0.3, 0.4) is 0 Å². The Morgan fingerprint density at radius 2 is 2.00 bits per heavy atom. The number of ketones is 1. The molecular weight excluding hydrogens is 208 g/mol. The van der Waals surface area contributed by atoms with E-state index in [1.807, 2.05) is 12.1 Å². The van der Waals surface area contributed by atoms with Crippen LogP contribution in [0.1, 0.15) is 42.8 Å². The second-order valence-corrected chi connectivity index (χ2v) is 4.15. The number of alkyl halides is 1. The lowest BCUT2D eigenvalue weighted by Gasteiger charge is -2.12. The Bertz CT molecular complexity index is 358. The number of benzene rings is 1. The summed E-state index contributed by atoms with van der Waals surface area (Å²) in [5.41, 5.74) is 3.44. The zero-order valence-corrected chi connectivity index (χ0v) is 10.3. The molecular formula is C13H17ClO. The zero-order chi connectivity index (χ0) is 11.4. The summed E-state index contributed by atoms with van der Waals surface area (Å²) in [6, 6.07) is 6.18. The van der Waals surface area contributed by atoms with Gasteiger partial charge >= 0.3 is 0 Å². The molecule has 0 amide bonds. The van der Waals surface area contributed by atoms with Crippen LogP contribution in [-0.2, 0) is 17.6 Å². The third-order valence-corrected chi connectivity index (χ3v) is 3.17. The predicted octanol–water partition coefficient (Wildman–Crippen LogP) is 3.68. The van der Waals surface area contributed by atoms with Gasteiger partial charge in [-0.2, -0.15) is 0 Å². The smallest absolute Gasteiger partial charge is 0.152 e. The molecule has 0 fully saturated rings. The van der Waals surface area contributed by atoms with Gasteiger partial charge in [-0.15, -0.1) is 11.6 Å². The number of carbonyl (C=O) groups is 1. The minimum absolute atomic E-state index is 0.00983. The molecule has 0 spiro atoms. The van der Waals surface area contributed by atoms with Crippen molar-refractivity contribution in [3.05, 3.63) is 34.9 Å². The molecule has 0 aliphatic carbocycles. The van der Waals surface area contributed by atoms with Gasteiger partial charge in [0.2, 0.25) is 0 Å². The number of carbonyl (C=O) groups excluding carboxylic acids is 1. The van der Waals surface area contributed by atoms with E-state index < -0.39 is 5.38 Å². The molecule has 1 rings (SSSR count). The van der Waals surface area contributed by atoms with Gasteiger partial charge in [-0.1, -0.05) is 32.0 Å². The minimum atomic E-state index is -0.495. The van der Waals surface area contributed by atoms with Crippen LogP contribution in [0.25, 0.3) is 0 Å². The van der Waals surface area contributed by atoms with Gasteiger partial charge in [-0.25, -0.2) is 0 Å². The molecule has 1 aromatic carbocycles. The topological polar surface area (TPSA) is 17.1 Å². The molecule has 0 bridgehead atoms. The maximum absolute atomic E-state index is 11.2. The number of aryl methyl sites for hydroxylation is 2. The highest BCUT2D eigenvalue weighted by atomic mass is 35.5. The lowest BCUT2D eigenvalue weighted by atomic mass is 9.97. The first-order valence-electron chi connectivity index (χ1n) is 5.36. The SMILES string of the molecule is CCc1ccc(C(Cl)C(C)=O)c(CC)c1. The van der Waals surface area contributed by atoms with Crippen LogP contribution in [0.4, 0.5) is 0 Å². The Morgan fingerprint density at radius 3 is 2.47 bits per heavy atom. The quantitative estimate of drug-likeness (QED) is 0.713. The molecule has 15 heavy (non-hydrogen) atoms. The zero-order valence-electron chi connectivity index (χ0n) is 9.51. The summed E-state index contributed by atoms with van der Waals surface area (Å²) in [7, 11) is 0. The van der Waals surface area contributed by atoms with E-state index in [0.717, 1.165) is 18.4 Å². The number of hydrogen-bond donors (Lipinski definition) is 0. The summed E-state index contributed by atoms with van der Waals surface area (Å²) in [5.74, 6) is 0.00983. The van der Waals surface area contributed by atoms with Crippen molar-refractivity contribution < 1.29 is 4.79 Å². The van der Waals surface area contributed by atoms with E-state index in [9.17, 15) is 4.79 Å². The van der Waals surface area contributed by atoms with E-state index in [1.165, 1.54) is 18.1 Å². The van der Waals surface area contributed by atoms with Crippen LogP contribution in [0.2, 0.25) is 0 Å². The molecule has 0 radical (unpaired) electrons. The first kappa shape index (κ1) is 12.3. The Morgan fingerprint density at radius 1 is 1.33 bits per heavy atom. The molecule has 1 aromatic rings. The van der Waals surface area contributed by atoms with Gasteiger partial charge in [-0.3, -0.25) is 4.79 Å². The third-order valence-electron chi connectivity index (χ3n) is 2.63. The monoisotopic (exact) mass is 224 g/mol. The molecule has 0 saturated heterocycles. The molecule has 0 heterocycles. The summed E-state index contributed by atoms with van der Waals surface area (Å²) < 4.78 is 0. The van der Waals surface area contributed by atoms with E-state index in [2.05, 4.69) is 19.9 Å². The van der Waals surface area contributed by atoms with Crippen molar-refractivity contribution in [3.8, 4) is 0 Å². The van der Waals surface area contributed by atoms with Gasteiger partial charge in [0.05, 0.1) is 0 Å². The van der Waals surface area contributed by atoms with Gasteiger partial charge in [0.15, 0.2) is 5.78 Å². The van der Waals surface area contributed by atoms with Crippen LogP contribution in [-0.4, -0.2) is 5.78 Å². The molecule has 1 nitrogen and oxygen atoms in total. The first-order chi connectivity index (χ1) is 7.10. The summed E-state index contributed by atoms with van der Waals surface area (Å²) in [6.07, 6.45) is 1.93. The van der Waals surface area contributed by atoms with Crippen LogP contribution in [0.15, 0.2) is 18.2 Å². The third kappa shape index (κ3) is 2.82. The van der Waals surface area contributed by atoms with Crippen molar-refractivity contribution in [2.75, 3.05) is 0 Å². The maximum Gasteiger partial charge on any atom is 0.152 e. The second-order valence-electron chi connectivity index (χ2n) is 3.71. The summed E-state index contributed by atoms with van der Waals surface area (Å²) in [6.45, 7) is 5.74. The number of halogens is 1.